The summed E-state index contributed by atoms with van der Waals surface area (Å²) in [5, 5.41) is 1.19. The number of aliphatic imine (C=N–C) groups is 1. The van der Waals surface area contributed by atoms with Crippen molar-refractivity contribution in [1.82, 2.24) is 5.06 Å². The monoisotopic (exact) mass is 194 g/mol. The molecule has 0 bridgehead atoms. The molecular formula is C5H11N2O4P. The number of nitrogens with zero attached hydrogens (tertiary/aromatic N) is 2. The van der Waals surface area contributed by atoms with Gasteiger partial charge in [-0.15, -0.1) is 0 Å². The molecule has 1 rings (SSSR count). The average molecular weight is 194 g/mol. The minimum atomic E-state index is -3.91. The molecular weight excluding hydrogens is 183 g/mol. The quantitative estimate of drug-likeness (QED) is 0.656. The topological polar surface area (TPSA) is 71.4 Å². The summed E-state index contributed by atoms with van der Waals surface area (Å²) in [6, 6.07) is 0. The van der Waals surface area contributed by atoms with Crippen molar-refractivity contribution in [3.8, 4) is 0 Å². The van der Waals surface area contributed by atoms with E-state index in [1.807, 2.05) is 0 Å². The van der Waals surface area contributed by atoms with E-state index < -0.39 is 7.82 Å². The second-order valence-corrected chi connectivity index (χ2v) is 3.49. The van der Waals surface area contributed by atoms with Crippen molar-refractivity contribution in [3.05, 3.63) is 0 Å². The van der Waals surface area contributed by atoms with Crippen molar-refractivity contribution < 1.29 is 18.6 Å². The van der Waals surface area contributed by atoms with E-state index in [1.54, 1.807) is 6.92 Å². The lowest BCUT2D eigenvalue weighted by Crippen LogP contribution is -2.19. The van der Waals surface area contributed by atoms with Gasteiger partial charge in [0, 0.05) is 0 Å². The molecule has 0 saturated carbocycles. The fourth-order valence-electron chi connectivity index (χ4n) is 0.744. The van der Waals surface area contributed by atoms with Gasteiger partial charge in [-0.05, 0) is 6.92 Å². The third kappa shape index (κ3) is 2.91. The van der Waals surface area contributed by atoms with Crippen molar-refractivity contribution in [3.63, 3.8) is 0 Å². The number of rotatable bonds is 4. The van der Waals surface area contributed by atoms with Crippen molar-refractivity contribution in [2.45, 2.75) is 6.92 Å². The molecule has 6 nitrogen and oxygen atoms in total. The molecule has 1 aliphatic rings. The Hall–Kier alpha value is -0.420. The van der Waals surface area contributed by atoms with Crippen LogP contribution in [0.1, 0.15) is 6.92 Å². The summed E-state index contributed by atoms with van der Waals surface area (Å²) in [4.78, 5) is 12.8. The number of hydroxylamine groups is 2. The first-order valence-corrected chi connectivity index (χ1v) is 5.07. The van der Waals surface area contributed by atoms with Crippen LogP contribution in [0.15, 0.2) is 4.99 Å². The lowest BCUT2D eigenvalue weighted by molar-refractivity contribution is -0.00851. The van der Waals surface area contributed by atoms with Gasteiger partial charge in [-0.25, -0.2) is 9.63 Å². The van der Waals surface area contributed by atoms with Crippen LogP contribution in [0.4, 0.5) is 0 Å². The Kier molecular flexibility index (Phi) is 3.22. The molecule has 1 atom stereocenters. The van der Waals surface area contributed by atoms with Crippen LogP contribution in [0.25, 0.3) is 0 Å². The second kappa shape index (κ2) is 4.00. The molecule has 0 amide bonds. The van der Waals surface area contributed by atoms with Gasteiger partial charge in [0.25, 0.3) is 0 Å². The Balaban J connectivity index is 2.38. The van der Waals surface area contributed by atoms with Gasteiger partial charge in [-0.1, -0.05) is 0 Å². The molecule has 1 N–H and O–H groups in total. The Morgan fingerprint density at radius 2 is 2.58 bits per heavy atom. The number of hydrogen-bond acceptors (Lipinski definition) is 5. The van der Waals surface area contributed by atoms with Crippen molar-refractivity contribution in [2.24, 2.45) is 4.99 Å². The summed E-state index contributed by atoms with van der Waals surface area (Å²) in [6.07, 6.45) is 1.36. The molecule has 0 aliphatic carbocycles. The van der Waals surface area contributed by atoms with Gasteiger partial charge in [0.2, 0.25) is 0 Å². The summed E-state index contributed by atoms with van der Waals surface area (Å²) >= 11 is 0. The minimum absolute atomic E-state index is 0.138. The molecule has 0 aromatic carbocycles. The van der Waals surface area contributed by atoms with Gasteiger partial charge in [0.1, 0.15) is 6.34 Å². The van der Waals surface area contributed by atoms with Crippen molar-refractivity contribution >= 4 is 14.2 Å². The maximum atomic E-state index is 11.0. The zero-order valence-electron chi connectivity index (χ0n) is 6.71. The smallest absolute Gasteiger partial charge is 0.301 e. The van der Waals surface area contributed by atoms with Crippen LogP contribution < -0.4 is 0 Å². The zero-order chi connectivity index (χ0) is 9.03. The first-order valence-electron chi connectivity index (χ1n) is 3.57. The zero-order valence-corrected chi connectivity index (χ0v) is 7.61. The molecule has 70 valence electrons. The highest BCUT2D eigenvalue weighted by Crippen LogP contribution is 2.43. The van der Waals surface area contributed by atoms with Gasteiger partial charge in [0.05, 0.1) is 19.7 Å². The molecule has 0 radical (unpaired) electrons. The Morgan fingerprint density at radius 3 is 3.08 bits per heavy atom. The summed E-state index contributed by atoms with van der Waals surface area (Å²) in [6.45, 7) is 2.81. The highest BCUT2D eigenvalue weighted by molar-refractivity contribution is 7.47. The standard InChI is InChI=1S/C5H11N2O4P/c1-2-10-12(8,9)11-7-4-3-6-5-7/h5H,2-4H2,1H3,(H,8,9). The Labute approximate surface area is 70.4 Å². The lowest BCUT2D eigenvalue weighted by atomic mass is 10.7. The normalized spacial score (nSPS) is 21.3. The summed E-state index contributed by atoms with van der Waals surface area (Å²) in [5.74, 6) is 0. The first kappa shape index (κ1) is 9.67. The molecule has 1 heterocycles. The maximum Gasteiger partial charge on any atom is 0.493 e. The Bertz CT molecular complexity index is 219. The van der Waals surface area contributed by atoms with Crippen LogP contribution in [0.2, 0.25) is 0 Å². The largest absolute Gasteiger partial charge is 0.493 e. The van der Waals surface area contributed by atoms with Crippen LogP contribution >= 0.6 is 7.82 Å². The van der Waals surface area contributed by atoms with E-state index in [0.717, 1.165) is 0 Å². The van der Waals surface area contributed by atoms with E-state index in [-0.39, 0.29) is 6.61 Å². The third-order valence-electron chi connectivity index (χ3n) is 1.16. The van der Waals surface area contributed by atoms with Gasteiger partial charge in [-0.3, -0.25) is 9.52 Å². The molecule has 0 aromatic rings. The average Bonchev–Trinajstić information content (AvgIpc) is 2.38. The molecule has 0 aromatic heterocycles. The van der Waals surface area contributed by atoms with Crippen LogP contribution in [0, 0.1) is 0 Å². The lowest BCUT2D eigenvalue weighted by Gasteiger charge is -2.16. The molecule has 12 heavy (non-hydrogen) atoms. The summed E-state index contributed by atoms with van der Waals surface area (Å²) in [7, 11) is -3.91. The Morgan fingerprint density at radius 1 is 1.83 bits per heavy atom. The molecule has 1 unspecified atom stereocenters. The number of phosphoric ester groups is 1. The van der Waals surface area contributed by atoms with Crippen LogP contribution in [-0.4, -0.2) is 36.0 Å². The molecule has 0 fully saturated rings. The second-order valence-electron chi connectivity index (χ2n) is 2.13. The first-order chi connectivity index (χ1) is 5.64. The number of hydrogen-bond donors (Lipinski definition) is 1. The van der Waals surface area contributed by atoms with Crippen LogP contribution in [0.5, 0.6) is 0 Å². The molecule has 0 saturated heterocycles. The van der Waals surface area contributed by atoms with Crippen molar-refractivity contribution in [2.75, 3.05) is 19.7 Å². The highest BCUT2D eigenvalue weighted by Gasteiger charge is 2.24. The van der Waals surface area contributed by atoms with E-state index in [1.165, 1.54) is 11.4 Å². The highest BCUT2D eigenvalue weighted by atomic mass is 31.2. The van der Waals surface area contributed by atoms with Gasteiger partial charge < -0.3 is 4.89 Å². The predicted molar refractivity (Wildman–Crippen MR) is 42.6 cm³/mol. The number of phosphoric acid groups is 1. The van der Waals surface area contributed by atoms with E-state index in [0.29, 0.717) is 13.1 Å². The molecule has 0 spiro atoms. The fraction of sp³-hybridized carbons (Fsp3) is 0.800. The summed E-state index contributed by atoms with van der Waals surface area (Å²) in [5.41, 5.74) is 0. The molecule has 7 heteroatoms. The minimum Gasteiger partial charge on any atom is -0.301 e. The van der Waals surface area contributed by atoms with Gasteiger partial charge in [-0.2, -0.15) is 4.62 Å². The SMILES string of the molecule is CCOP(=O)(O)ON1C=NCC1. The van der Waals surface area contributed by atoms with Crippen LogP contribution in [0.3, 0.4) is 0 Å². The summed E-state index contributed by atoms with van der Waals surface area (Å²) < 4.78 is 20.1. The fourth-order valence-corrected chi connectivity index (χ4v) is 1.51. The van der Waals surface area contributed by atoms with E-state index >= 15 is 0 Å². The predicted octanol–water partition coefficient (Wildman–Crippen LogP) is 0.399. The van der Waals surface area contributed by atoms with Gasteiger partial charge >= 0.3 is 7.82 Å². The van der Waals surface area contributed by atoms with Crippen molar-refractivity contribution in [1.29, 1.82) is 0 Å². The maximum absolute atomic E-state index is 11.0. The van der Waals surface area contributed by atoms with E-state index in [4.69, 9.17) is 4.89 Å². The van der Waals surface area contributed by atoms with E-state index in [9.17, 15) is 4.57 Å². The molecule has 1 aliphatic heterocycles. The van der Waals surface area contributed by atoms with Gasteiger partial charge in [0.15, 0.2) is 0 Å². The third-order valence-corrected chi connectivity index (χ3v) is 2.16. The van der Waals surface area contributed by atoms with E-state index in [2.05, 4.69) is 14.1 Å². The van der Waals surface area contributed by atoms with Crippen LogP contribution in [-0.2, 0) is 13.7 Å².